The van der Waals surface area contributed by atoms with E-state index in [0.717, 1.165) is 10.8 Å². The lowest BCUT2D eigenvalue weighted by Crippen LogP contribution is -2.41. The van der Waals surface area contributed by atoms with E-state index in [0.29, 0.717) is 4.57 Å². The second-order valence-electron chi connectivity index (χ2n) is 3.96. The Labute approximate surface area is 110 Å². The fraction of sp³-hybridized carbons (Fsp3) is 0.182. The number of carbonyl (C=O) groups excluding carboxylic acids is 1. The number of hydrogen-bond donors (Lipinski definition) is 0. The Morgan fingerprint density at radius 3 is 2.70 bits per heavy atom. The number of carbonyl (C=O) groups is 1. The number of nitro groups is 1. The summed E-state index contributed by atoms with van der Waals surface area (Å²) in [5, 5.41) is 10.7. The van der Waals surface area contributed by atoms with E-state index in [9.17, 15) is 24.5 Å². The predicted octanol–water partition coefficient (Wildman–Crippen LogP) is -0.0689. The fourth-order valence-electron chi connectivity index (χ4n) is 1.63. The maximum atomic E-state index is 11.8. The quantitative estimate of drug-likeness (QED) is 0.439. The van der Waals surface area contributed by atoms with Crippen molar-refractivity contribution in [2.24, 2.45) is 7.05 Å². The molecule has 0 N–H and O–H groups in total. The van der Waals surface area contributed by atoms with Crippen LogP contribution in [0.4, 0.5) is 5.69 Å². The van der Waals surface area contributed by atoms with Gasteiger partial charge in [0, 0.05) is 7.05 Å². The van der Waals surface area contributed by atoms with Crippen LogP contribution >= 0.6 is 0 Å². The van der Waals surface area contributed by atoms with Crippen LogP contribution < -0.4 is 11.2 Å². The molecule has 0 spiro atoms. The van der Waals surface area contributed by atoms with Crippen molar-refractivity contribution in [3.63, 3.8) is 0 Å². The fourth-order valence-corrected chi connectivity index (χ4v) is 1.63. The highest BCUT2D eigenvalue weighted by Crippen LogP contribution is 2.03. The monoisotopic (exact) mass is 279 g/mol. The second-order valence-corrected chi connectivity index (χ2v) is 3.96. The highest BCUT2D eigenvalue weighted by Gasteiger charge is 2.21. The second kappa shape index (κ2) is 4.96. The van der Waals surface area contributed by atoms with Crippen LogP contribution in [0.15, 0.2) is 38.6 Å². The van der Waals surface area contributed by atoms with Crippen molar-refractivity contribution in [2.75, 3.05) is 0 Å². The Hall–Kier alpha value is -2.97. The van der Waals surface area contributed by atoms with Gasteiger partial charge < -0.3 is 4.42 Å². The van der Waals surface area contributed by atoms with E-state index in [1.807, 2.05) is 0 Å². The van der Waals surface area contributed by atoms with Crippen molar-refractivity contribution in [1.82, 2.24) is 9.13 Å². The normalized spacial score (nSPS) is 10.4. The zero-order chi connectivity index (χ0) is 14.9. The molecule has 104 valence electrons. The van der Waals surface area contributed by atoms with Gasteiger partial charge >= 0.3 is 16.9 Å². The lowest BCUT2D eigenvalue weighted by Gasteiger charge is -2.05. The van der Waals surface area contributed by atoms with Crippen molar-refractivity contribution in [3.8, 4) is 0 Å². The molecule has 0 saturated heterocycles. The van der Waals surface area contributed by atoms with E-state index in [1.54, 1.807) is 0 Å². The largest absolute Gasteiger partial charge is 0.461 e. The highest BCUT2D eigenvalue weighted by atomic mass is 16.6. The molecule has 2 aromatic heterocycles. The molecular weight excluding hydrogens is 270 g/mol. The molecule has 2 rings (SSSR count). The van der Waals surface area contributed by atoms with E-state index < -0.39 is 34.2 Å². The van der Waals surface area contributed by atoms with Crippen LogP contribution in [0.3, 0.4) is 0 Å². The van der Waals surface area contributed by atoms with Gasteiger partial charge in [0.25, 0.3) is 0 Å². The maximum absolute atomic E-state index is 11.8. The molecule has 0 radical (unpaired) electrons. The van der Waals surface area contributed by atoms with Crippen molar-refractivity contribution < 1.29 is 14.1 Å². The molecule has 0 aliphatic carbocycles. The first-order chi connectivity index (χ1) is 9.41. The Bertz CT molecular complexity index is 783. The van der Waals surface area contributed by atoms with Crippen molar-refractivity contribution in [2.45, 2.75) is 6.54 Å². The van der Waals surface area contributed by atoms with Crippen LogP contribution in [0, 0.1) is 10.1 Å². The molecule has 0 bridgehead atoms. The summed E-state index contributed by atoms with van der Waals surface area (Å²) in [5.41, 5.74) is -2.72. The van der Waals surface area contributed by atoms with Gasteiger partial charge in [-0.2, -0.15) is 0 Å². The van der Waals surface area contributed by atoms with Gasteiger partial charge in [-0.3, -0.25) is 24.3 Å². The van der Waals surface area contributed by atoms with E-state index >= 15 is 0 Å². The molecule has 20 heavy (non-hydrogen) atoms. The summed E-state index contributed by atoms with van der Waals surface area (Å²) in [6.07, 6.45) is 2.08. The predicted molar refractivity (Wildman–Crippen MR) is 65.6 cm³/mol. The maximum Gasteiger partial charge on any atom is 0.350 e. The highest BCUT2D eigenvalue weighted by molar-refractivity contribution is 5.93. The number of Topliss-reactive ketones (excluding diaryl/α,β-unsaturated/α-hetero) is 1. The molecule has 0 aliphatic heterocycles. The van der Waals surface area contributed by atoms with E-state index in [4.69, 9.17) is 4.42 Å². The lowest BCUT2D eigenvalue weighted by atomic mass is 10.3. The van der Waals surface area contributed by atoms with Crippen LogP contribution in [0.25, 0.3) is 0 Å². The molecule has 2 aromatic rings. The van der Waals surface area contributed by atoms with Gasteiger partial charge in [-0.15, -0.1) is 0 Å². The number of ketones is 1. The third-order valence-electron chi connectivity index (χ3n) is 2.61. The number of aryl methyl sites for hydroxylation is 1. The first-order valence-corrected chi connectivity index (χ1v) is 5.43. The van der Waals surface area contributed by atoms with Crippen LogP contribution in [-0.2, 0) is 13.6 Å². The van der Waals surface area contributed by atoms with Crippen molar-refractivity contribution in [3.05, 3.63) is 61.3 Å². The summed E-state index contributed by atoms with van der Waals surface area (Å²) in [4.78, 5) is 45.2. The molecule has 0 fully saturated rings. The van der Waals surface area contributed by atoms with Crippen LogP contribution in [0.5, 0.6) is 0 Å². The topological polar surface area (TPSA) is 117 Å². The Morgan fingerprint density at radius 1 is 1.45 bits per heavy atom. The lowest BCUT2D eigenvalue weighted by molar-refractivity contribution is -0.387. The summed E-state index contributed by atoms with van der Waals surface area (Å²) in [7, 11) is 1.25. The number of nitrogens with zero attached hydrogens (tertiary/aromatic N) is 3. The Balaban J connectivity index is 2.52. The van der Waals surface area contributed by atoms with E-state index in [2.05, 4.69) is 0 Å². The molecule has 9 heteroatoms. The number of hydrogen-bond acceptors (Lipinski definition) is 6. The van der Waals surface area contributed by atoms with Crippen LogP contribution in [0.1, 0.15) is 10.6 Å². The van der Waals surface area contributed by atoms with Gasteiger partial charge in [0.15, 0.2) is 5.76 Å². The van der Waals surface area contributed by atoms with Crippen LogP contribution in [0.2, 0.25) is 0 Å². The molecule has 0 unspecified atom stereocenters. The smallest absolute Gasteiger partial charge is 0.350 e. The SMILES string of the molecule is Cn1cc([N+](=O)[O-])c(=O)n(CC(=O)c2ccco2)c1=O. The molecule has 2 heterocycles. The summed E-state index contributed by atoms with van der Waals surface area (Å²) >= 11 is 0. The van der Waals surface area contributed by atoms with Crippen molar-refractivity contribution >= 4 is 11.5 Å². The third-order valence-corrected chi connectivity index (χ3v) is 2.61. The van der Waals surface area contributed by atoms with Gasteiger partial charge in [-0.25, -0.2) is 9.36 Å². The third kappa shape index (κ3) is 2.28. The van der Waals surface area contributed by atoms with Gasteiger partial charge in [0.05, 0.1) is 23.9 Å². The standard InChI is InChI=1S/C11H9N3O6/c1-12-5-7(14(18)19)10(16)13(11(12)17)6-8(15)9-3-2-4-20-9/h2-5H,6H2,1H3. The van der Waals surface area contributed by atoms with E-state index in [1.165, 1.54) is 25.4 Å². The molecule has 0 amide bonds. The molecule has 0 aromatic carbocycles. The molecule has 0 atom stereocenters. The Morgan fingerprint density at radius 2 is 2.15 bits per heavy atom. The minimum absolute atomic E-state index is 0.0366. The first-order valence-electron chi connectivity index (χ1n) is 5.43. The van der Waals surface area contributed by atoms with Gasteiger partial charge in [-0.05, 0) is 12.1 Å². The summed E-state index contributed by atoms with van der Waals surface area (Å²) in [6, 6.07) is 2.84. The van der Waals surface area contributed by atoms with E-state index in [-0.39, 0.29) is 5.76 Å². The molecule has 0 aliphatic rings. The average molecular weight is 279 g/mol. The summed E-state index contributed by atoms with van der Waals surface area (Å²) in [5.74, 6) is -0.667. The zero-order valence-corrected chi connectivity index (χ0v) is 10.3. The minimum atomic E-state index is -1.13. The van der Waals surface area contributed by atoms with Gasteiger partial charge in [0.2, 0.25) is 5.78 Å². The van der Waals surface area contributed by atoms with Crippen LogP contribution in [-0.4, -0.2) is 19.8 Å². The average Bonchev–Trinajstić information content (AvgIpc) is 2.92. The zero-order valence-electron chi connectivity index (χ0n) is 10.3. The number of rotatable bonds is 4. The van der Waals surface area contributed by atoms with Gasteiger partial charge in [0.1, 0.15) is 0 Å². The summed E-state index contributed by atoms with van der Waals surface area (Å²) in [6.45, 7) is -0.624. The molecule has 0 saturated carbocycles. The summed E-state index contributed by atoms with van der Waals surface area (Å²) < 4.78 is 6.22. The number of furan rings is 1. The number of aromatic nitrogens is 2. The van der Waals surface area contributed by atoms with Gasteiger partial charge in [-0.1, -0.05) is 0 Å². The molecular formula is C11H9N3O6. The Kier molecular flexibility index (Phi) is 3.34. The first kappa shape index (κ1) is 13.5. The minimum Gasteiger partial charge on any atom is -0.461 e. The molecule has 9 nitrogen and oxygen atoms in total. The van der Waals surface area contributed by atoms with Crippen molar-refractivity contribution in [1.29, 1.82) is 0 Å².